The highest BCUT2D eigenvalue weighted by Gasteiger charge is 2.53. The van der Waals surface area contributed by atoms with Gasteiger partial charge in [-0.05, 0) is 115 Å². The second-order valence-corrected chi connectivity index (χ2v) is 31.3. The van der Waals surface area contributed by atoms with Crippen LogP contribution >= 0.6 is 21.6 Å². The van der Waals surface area contributed by atoms with Gasteiger partial charge in [0, 0.05) is 36.2 Å². The van der Waals surface area contributed by atoms with E-state index in [1.807, 2.05) is 27.7 Å². The molecule has 4 aliphatic heterocycles. The van der Waals surface area contributed by atoms with Crippen LogP contribution in [0.3, 0.4) is 0 Å². The molecule has 0 unspecified atom stereocenters. The van der Waals surface area contributed by atoms with Crippen molar-refractivity contribution in [2.24, 2.45) is 41.1 Å². The Morgan fingerprint density at radius 3 is 1.88 bits per heavy atom. The zero-order chi connectivity index (χ0) is 74.5. The lowest BCUT2D eigenvalue weighted by atomic mass is 9.84. The number of nitrogens with two attached hydrogens (primary N) is 2. The van der Waals surface area contributed by atoms with Crippen molar-refractivity contribution in [3.8, 4) is 0 Å². The summed E-state index contributed by atoms with van der Waals surface area (Å²) in [6.45, 7) is 15.5. The van der Waals surface area contributed by atoms with Crippen molar-refractivity contribution >= 4 is 104 Å². The Morgan fingerprint density at radius 2 is 1.28 bits per heavy atom. The van der Waals surface area contributed by atoms with Gasteiger partial charge in [0.05, 0.1) is 19.8 Å². The number of likely N-dealkylation sites (N-methyl/N-ethyl adjacent to an activating group) is 1. The molecule has 0 radical (unpaired) electrons. The number of nitrogens with one attached hydrogen (secondary N) is 12. The Morgan fingerprint density at radius 1 is 0.680 bits per heavy atom. The fourth-order valence-corrected chi connectivity index (χ4v) is 16.5. The topological polar surface area (TPSA) is 480 Å². The fraction of sp³-hybridized carbons (Fsp3) is 0.788. The van der Waals surface area contributed by atoms with Crippen molar-refractivity contribution in [2.75, 3.05) is 52.2 Å². The molecule has 100 heavy (non-hydrogen) atoms. The summed E-state index contributed by atoms with van der Waals surface area (Å²) in [6.07, 6.45) is 5.44. The zero-order valence-corrected chi connectivity index (χ0v) is 61.6. The molecule has 1 saturated carbocycles. The van der Waals surface area contributed by atoms with E-state index >= 15 is 24.0 Å². The predicted molar refractivity (Wildman–Crippen MR) is 376 cm³/mol. The van der Waals surface area contributed by atoms with Gasteiger partial charge in [0.25, 0.3) is 0 Å². The lowest BCUT2D eigenvalue weighted by molar-refractivity contribution is -0.150. The molecule has 34 heteroatoms. The molecule has 5 rings (SSSR count). The van der Waals surface area contributed by atoms with Crippen LogP contribution in [0.25, 0.3) is 0 Å². The van der Waals surface area contributed by atoms with Gasteiger partial charge >= 0.3 is 0 Å². The van der Waals surface area contributed by atoms with E-state index < -0.39 is 197 Å². The van der Waals surface area contributed by atoms with Gasteiger partial charge in [0.1, 0.15) is 72.5 Å². The molecule has 18 N–H and O–H groups in total. The number of hydrogen-bond donors (Lipinski definition) is 16. The van der Waals surface area contributed by atoms with Crippen molar-refractivity contribution in [3.05, 3.63) is 0 Å². The molecule has 0 aromatic carbocycles. The summed E-state index contributed by atoms with van der Waals surface area (Å²) in [5.74, 6) is -13.1. The van der Waals surface area contributed by atoms with Gasteiger partial charge in [0.15, 0.2) is 5.96 Å². The first-order chi connectivity index (χ1) is 47.3. The van der Waals surface area contributed by atoms with Crippen LogP contribution in [0.2, 0.25) is 0 Å². The van der Waals surface area contributed by atoms with Crippen LogP contribution in [0.15, 0.2) is 0 Å². The van der Waals surface area contributed by atoms with Crippen LogP contribution in [0, 0.1) is 35.0 Å². The summed E-state index contributed by atoms with van der Waals surface area (Å²) in [6, 6.07) is -17.1. The molecule has 4 heterocycles. The quantitative estimate of drug-likeness (QED) is 0.0223. The molecule has 1 aliphatic carbocycles. The maximum absolute atomic E-state index is 15.5. The zero-order valence-electron chi connectivity index (χ0n) is 60.0. The average molecular weight is 1450 g/mol. The Balaban J connectivity index is 1.69. The molecular formula is C66H113N17O15S2. The normalized spacial score (nSPS) is 28.6. The average Bonchev–Trinajstić information content (AvgIpc) is 1.60. The number of primary amides is 1. The minimum absolute atomic E-state index is 0.0119. The van der Waals surface area contributed by atoms with Crippen LogP contribution in [0.5, 0.6) is 0 Å². The van der Waals surface area contributed by atoms with Crippen molar-refractivity contribution in [2.45, 2.75) is 249 Å². The van der Waals surface area contributed by atoms with Crippen LogP contribution in [-0.2, 0) is 62.3 Å². The van der Waals surface area contributed by atoms with E-state index in [1.54, 1.807) is 46.4 Å². The number of fused-ring (bicyclic) bond motifs is 4. The first-order valence-electron chi connectivity index (χ1n) is 35.5. The summed E-state index contributed by atoms with van der Waals surface area (Å²) < 4.78 is -1.48. The number of likely N-dealkylation sites (tertiary alicyclic amines) is 1. The van der Waals surface area contributed by atoms with Crippen LogP contribution in [0.4, 0.5) is 0 Å². The fourth-order valence-electron chi connectivity index (χ4n) is 13.6. The van der Waals surface area contributed by atoms with Gasteiger partial charge in [0.2, 0.25) is 76.8 Å². The lowest BCUT2D eigenvalue weighted by Gasteiger charge is -2.38. The minimum atomic E-state index is -1.85. The molecule has 4 saturated heterocycles. The SMILES string of the molecule is CC[C@H](C)[C@H](NC(=O)CNC)C(=O)N[C@H]1CSSC(C)(C)[C@@H](C(=O)N[C@H](C(=O)N2CCC[C@H]2C(N)=O)[C@@H](C)CC)NC(=O)[C@H]([C@@H](C)CC)NC(=O)[C@@H]2C[C@@H]3CCCC[C@@H]3N2C(=O)[C@@H]2CCCN2C(=O)[C@H](CC(C)C)NC(=O)[C@H](CO)NC(=O)[C@H](CCCNC(=N)N)NC(=O)[C@H](CO)NC1=O. The number of rotatable bonds is 23. The minimum Gasteiger partial charge on any atom is -0.394 e. The van der Waals surface area contributed by atoms with Crippen LogP contribution < -0.4 is 70.0 Å². The summed E-state index contributed by atoms with van der Waals surface area (Å²) in [5, 5.41) is 58.9. The largest absolute Gasteiger partial charge is 0.394 e. The molecule has 32 nitrogen and oxygen atoms in total. The van der Waals surface area contributed by atoms with Crippen molar-refractivity contribution < 1.29 is 72.5 Å². The Bertz CT molecular complexity index is 2910. The molecule has 5 aliphatic rings. The van der Waals surface area contributed by atoms with E-state index in [9.17, 15) is 48.6 Å². The number of nitrogens with zero attached hydrogens (tertiary/aromatic N) is 3. The van der Waals surface area contributed by atoms with Gasteiger partial charge < -0.3 is 94.9 Å². The summed E-state index contributed by atoms with van der Waals surface area (Å²) in [7, 11) is 3.44. The molecule has 0 aromatic heterocycles. The number of carbonyl (C=O) groups excluding carboxylic acids is 13. The van der Waals surface area contributed by atoms with Crippen molar-refractivity contribution in [3.63, 3.8) is 0 Å². The van der Waals surface area contributed by atoms with Crippen LogP contribution in [-0.4, -0.2) is 243 Å². The van der Waals surface area contributed by atoms with Gasteiger partial charge in [-0.3, -0.25) is 67.7 Å². The standard InChI is InChI=1S/C66H113N17O15S2/c1-12-35(6)49(77-48(86)30-70-11)59(93)76-43-33-99-100-66(9,10)52(61(95)79-51(37(8)14-3)64(98)81-26-18-23-45(81)53(67)87)80-60(94)50(36(7)13-2)78-58(92)47-29-38-20-15-16-22-44(38)83(47)63(97)46-24-19-27-82(46)62(96)40(28-34(4)5)73-56(90)42(32-85)74-54(88)39(21-17-25-71-65(68)69)72-55(89)41(31-84)75-57(43)91/h34-47,49-52,70,84-85H,12-33H2,1-11H3,(H2,67,87)(H,72,89)(H,73,90)(H,74,88)(H,75,91)(H,76,93)(H,77,86)(H,78,92)(H,79,95)(H,80,94)(H4,68,69,71)/t35-,36-,37-,38-,39-,40-,41-,42-,43-,44-,45-,46-,47-,49-,50-,51-,52+/m0/s1. The van der Waals surface area contributed by atoms with E-state index in [4.69, 9.17) is 16.9 Å². The number of aliphatic hydroxyl groups is 2. The smallest absolute Gasteiger partial charge is 0.246 e. The third-order valence-electron chi connectivity index (χ3n) is 20.0. The van der Waals surface area contributed by atoms with Gasteiger partial charge in [-0.1, -0.05) is 109 Å². The summed E-state index contributed by atoms with van der Waals surface area (Å²) >= 11 is 0. The molecule has 0 spiro atoms. The van der Waals surface area contributed by atoms with Gasteiger partial charge in [-0.15, -0.1) is 0 Å². The van der Waals surface area contributed by atoms with Crippen LogP contribution in [0.1, 0.15) is 166 Å². The van der Waals surface area contributed by atoms with E-state index in [-0.39, 0.29) is 75.9 Å². The summed E-state index contributed by atoms with van der Waals surface area (Å²) in [5.41, 5.74) is 11.3. The molecule has 5 fully saturated rings. The van der Waals surface area contributed by atoms with E-state index in [2.05, 4.69) is 58.5 Å². The molecule has 17 atom stereocenters. The Kier molecular flexibility index (Phi) is 32.9. The third-order valence-corrected chi connectivity index (χ3v) is 23.3. The molecule has 0 bridgehead atoms. The molecular weight excluding hydrogens is 1330 g/mol. The second kappa shape index (κ2) is 39.4. The highest BCUT2D eigenvalue weighted by atomic mass is 33.1. The number of amides is 13. The van der Waals surface area contributed by atoms with E-state index in [0.29, 0.717) is 51.4 Å². The molecule has 0 aromatic rings. The van der Waals surface area contributed by atoms with E-state index in [1.165, 1.54) is 16.8 Å². The first kappa shape index (κ1) is 83.6. The lowest BCUT2D eigenvalue weighted by Crippen LogP contribution is -2.64. The molecule has 13 amide bonds. The predicted octanol–water partition coefficient (Wildman–Crippen LogP) is -2.20. The number of carbonyl (C=O) groups is 13. The van der Waals surface area contributed by atoms with Gasteiger partial charge in [-0.2, -0.15) is 0 Å². The maximum Gasteiger partial charge on any atom is 0.246 e. The number of guanidine groups is 1. The maximum atomic E-state index is 15.5. The second-order valence-electron chi connectivity index (χ2n) is 28.3. The highest BCUT2D eigenvalue weighted by Crippen LogP contribution is 2.42. The third kappa shape index (κ3) is 22.5. The number of hydrogen-bond acceptors (Lipinski definition) is 19. The monoisotopic (exact) mass is 1450 g/mol. The Hall–Kier alpha value is -7.04. The highest BCUT2D eigenvalue weighted by molar-refractivity contribution is 8.77. The Labute approximate surface area is 594 Å². The van der Waals surface area contributed by atoms with Crippen molar-refractivity contribution in [1.29, 1.82) is 5.41 Å². The summed E-state index contributed by atoms with van der Waals surface area (Å²) in [4.78, 5) is 194. The van der Waals surface area contributed by atoms with E-state index in [0.717, 1.165) is 34.4 Å². The number of aliphatic hydroxyl groups excluding tert-OH is 2. The van der Waals surface area contributed by atoms with Gasteiger partial charge in [-0.25, -0.2) is 0 Å². The molecule has 564 valence electrons. The first-order valence-corrected chi connectivity index (χ1v) is 37.8. The van der Waals surface area contributed by atoms with Crippen molar-refractivity contribution in [1.82, 2.24) is 73.2 Å².